The van der Waals surface area contributed by atoms with Gasteiger partial charge in [0.25, 0.3) is 0 Å². The first-order valence-corrected chi connectivity index (χ1v) is 5.86. The van der Waals surface area contributed by atoms with Gasteiger partial charge in [0.05, 0.1) is 11.9 Å². The maximum absolute atomic E-state index is 13.4. The van der Waals surface area contributed by atoms with Crippen molar-refractivity contribution in [1.82, 2.24) is 4.98 Å². The minimum atomic E-state index is -0.165. The Kier molecular flexibility index (Phi) is 3.77. The second-order valence-corrected chi connectivity index (χ2v) is 4.20. The van der Waals surface area contributed by atoms with Crippen LogP contribution in [0.15, 0.2) is 36.5 Å². The van der Waals surface area contributed by atoms with E-state index >= 15 is 0 Å². The summed E-state index contributed by atoms with van der Waals surface area (Å²) in [5.74, 6) is 0.627. The molecule has 94 valence electrons. The van der Waals surface area contributed by atoms with Crippen molar-refractivity contribution in [3.63, 3.8) is 0 Å². The molecule has 0 saturated carbocycles. The van der Waals surface area contributed by atoms with Crippen molar-refractivity contribution < 1.29 is 4.39 Å². The summed E-state index contributed by atoms with van der Waals surface area (Å²) in [5, 5.41) is 3.18. The average molecular weight is 245 g/mol. The maximum atomic E-state index is 13.4. The molecule has 0 aliphatic rings. The third-order valence-corrected chi connectivity index (χ3v) is 2.74. The Hall–Kier alpha value is -2.10. The molecule has 0 aliphatic carbocycles. The second-order valence-electron chi connectivity index (χ2n) is 4.20. The summed E-state index contributed by atoms with van der Waals surface area (Å²) in [5.41, 5.74) is 7.97. The van der Waals surface area contributed by atoms with Crippen LogP contribution >= 0.6 is 0 Å². The Balaban J connectivity index is 1.95. The molecular formula is C14H16FN3. The summed E-state index contributed by atoms with van der Waals surface area (Å²) in [6.45, 7) is 2.58. The van der Waals surface area contributed by atoms with Crippen molar-refractivity contribution in [3.05, 3.63) is 53.5 Å². The quantitative estimate of drug-likeness (QED) is 0.870. The molecule has 3 N–H and O–H groups in total. The molecule has 1 heterocycles. The van der Waals surface area contributed by atoms with Gasteiger partial charge < -0.3 is 11.1 Å². The molecule has 4 heteroatoms. The number of pyridine rings is 1. The molecule has 0 bridgehead atoms. The van der Waals surface area contributed by atoms with Gasteiger partial charge in [0, 0.05) is 6.54 Å². The van der Waals surface area contributed by atoms with Gasteiger partial charge in [-0.2, -0.15) is 0 Å². The standard InChI is InChI=1S/C14H16FN3/c1-10-8-12(16)9-18-14(10)17-7-6-11-4-2-3-5-13(11)15/h2-5,8-9H,6-7,16H2,1H3,(H,17,18). The zero-order valence-electron chi connectivity index (χ0n) is 10.3. The number of hydrogen-bond acceptors (Lipinski definition) is 3. The first-order valence-electron chi connectivity index (χ1n) is 5.86. The molecule has 0 radical (unpaired) electrons. The zero-order valence-corrected chi connectivity index (χ0v) is 10.3. The molecule has 1 aromatic heterocycles. The number of rotatable bonds is 4. The summed E-state index contributed by atoms with van der Waals surface area (Å²) in [4.78, 5) is 4.20. The van der Waals surface area contributed by atoms with E-state index < -0.39 is 0 Å². The number of benzene rings is 1. The number of nitrogens with one attached hydrogen (secondary N) is 1. The summed E-state index contributed by atoms with van der Waals surface area (Å²) in [6.07, 6.45) is 2.23. The minimum absolute atomic E-state index is 0.165. The number of nitrogens with zero attached hydrogens (tertiary/aromatic N) is 1. The number of aromatic nitrogens is 1. The molecular weight excluding hydrogens is 229 g/mol. The maximum Gasteiger partial charge on any atom is 0.129 e. The van der Waals surface area contributed by atoms with E-state index in [1.165, 1.54) is 6.07 Å². The van der Waals surface area contributed by atoms with E-state index in [2.05, 4.69) is 10.3 Å². The van der Waals surface area contributed by atoms with E-state index in [0.717, 1.165) is 11.4 Å². The van der Waals surface area contributed by atoms with Crippen molar-refractivity contribution in [2.45, 2.75) is 13.3 Å². The number of nitrogen functional groups attached to an aromatic ring is 1. The Morgan fingerprint density at radius 1 is 1.33 bits per heavy atom. The van der Waals surface area contributed by atoms with Gasteiger partial charge in [-0.05, 0) is 36.6 Å². The van der Waals surface area contributed by atoms with Gasteiger partial charge in [0.15, 0.2) is 0 Å². The van der Waals surface area contributed by atoms with Crippen LogP contribution in [-0.2, 0) is 6.42 Å². The molecule has 0 spiro atoms. The summed E-state index contributed by atoms with van der Waals surface area (Å²) in [7, 11) is 0. The van der Waals surface area contributed by atoms with Crippen LogP contribution in [-0.4, -0.2) is 11.5 Å². The minimum Gasteiger partial charge on any atom is -0.397 e. The molecule has 2 aromatic rings. The second kappa shape index (κ2) is 5.49. The highest BCUT2D eigenvalue weighted by Crippen LogP contribution is 2.14. The Morgan fingerprint density at radius 2 is 2.11 bits per heavy atom. The van der Waals surface area contributed by atoms with E-state index in [0.29, 0.717) is 24.2 Å². The average Bonchev–Trinajstić information content (AvgIpc) is 2.34. The fraction of sp³-hybridized carbons (Fsp3) is 0.214. The summed E-state index contributed by atoms with van der Waals surface area (Å²) in [6, 6.07) is 8.66. The van der Waals surface area contributed by atoms with E-state index in [4.69, 9.17) is 5.73 Å². The van der Waals surface area contributed by atoms with Gasteiger partial charge >= 0.3 is 0 Å². The predicted octanol–water partition coefficient (Wildman–Crippen LogP) is 2.77. The van der Waals surface area contributed by atoms with Crippen molar-refractivity contribution in [2.24, 2.45) is 0 Å². The van der Waals surface area contributed by atoms with Crippen LogP contribution in [0.25, 0.3) is 0 Å². The number of nitrogens with two attached hydrogens (primary N) is 1. The lowest BCUT2D eigenvalue weighted by molar-refractivity contribution is 0.610. The highest BCUT2D eigenvalue weighted by Gasteiger charge is 2.02. The molecule has 18 heavy (non-hydrogen) atoms. The van der Waals surface area contributed by atoms with Gasteiger partial charge in [-0.1, -0.05) is 18.2 Å². The lowest BCUT2D eigenvalue weighted by atomic mass is 10.1. The topological polar surface area (TPSA) is 50.9 Å². The molecule has 1 aromatic carbocycles. The number of hydrogen-bond donors (Lipinski definition) is 2. The predicted molar refractivity (Wildman–Crippen MR) is 72.0 cm³/mol. The molecule has 0 atom stereocenters. The molecule has 0 fully saturated rings. The highest BCUT2D eigenvalue weighted by atomic mass is 19.1. The Morgan fingerprint density at radius 3 is 2.83 bits per heavy atom. The highest BCUT2D eigenvalue weighted by molar-refractivity contribution is 5.50. The van der Waals surface area contributed by atoms with Crippen molar-refractivity contribution >= 4 is 11.5 Å². The van der Waals surface area contributed by atoms with Crippen molar-refractivity contribution in [3.8, 4) is 0 Å². The van der Waals surface area contributed by atoms with Gasteiger partial charge in [-0.3, -0.25) is 0 Å². The van der Waals surface area contributed by atoms with Crippen LogP contribution in [0.2, 0.25) is 0 Å². The lowest BCUT2D eigenvalue weighted by Crippen LogP contribution is -2.08. The van der Waals surface area contributed by atoms with Gasteiger partial charge in [0.1, 0.15) is 11.6 Å². The SMILES string of the molecule is Cc1cc(N)cnc1NCCc1ccccc1F. The normalized spacial score (nSPS) is 10.3. The largest absolute Gasteiger partial charge is 0.397 e. The monoisotopic (exact) mass is 245 g/mol. The van der Waals surface area contributed by atoms with Crippen LogP contribution < -0.4 is 11.1 Å². The molecule has 0 unspecified atom stereocenters. The van der Waals surface area contributed by atoms with Crippen LogP contribution in [0.3, 0.4) is 0 Å². The first kappa shape index (κ1) is 12.4. The third-order valence-electron chi connectivity index (χ3n) is 2.74. The van der Waals surface area contributed by atoms with E-state index in [9.17, 15) is 4.39 Å². The molecule has 0 amide bonds. The lowest BCUT2D eigenvalue weighted by Gasteiger charge is -2.09. The van der Waals surface area contributed by atoms with Crippen molar-refractivity contribution in [1.29, 1.82) is 0 Å². The number of anilines is 2. The first-order chi connectivity index (χ1) is 8.66. The third kappa shape index (κ3) is 2.97. The van der Waals surface area contributed by atoms with Crippen LogP contribution in [0.4, 0.5) is 15.9 Å². The number of aryl methyl sites for hydroxylation is 1. The zero-order chi connectivity index (χ0) is 13.0. The molecule has 2 rings (SSSR count). The van der Waals surface area contributed by atoms with E-state index in [1.807, 2.05) is 19.1 Å². The van der Waals surface area contributed by atoms with Crippen molar-refractivity contribution in [2.75, 3.05) is 17.6 Å². The Labute approximate surface area is 106 Å². The smallest absolute Gasteiger partial charge is 0.129 e. The van der Waals surface area contributed by atoms with Gasteiger partial charge in [0.2, 0.25) is 0 Å². The van der Waals surface area contributed by atoms with Crippen LogP contribution in [0.5, 0.6) is 0 Å². The van der Waals surface area contributed by atoms with E-state index in [1.54, 1.807) is 18.3 Å². The van der Waals surface area contributed by atoms with Crippen LogP contribution in [0.1, 0.15) is 11.1 Å². The fourth-order valence-electron chi connectivity index (χ4n) is 1.80. The van der Waals surface area contributed by atoms with Crippen LogP contribution in [0, 0.1) is 12.7 Å². The summed E-state index contributed by atoms with van der Waals surface area (Å²) >= 11 is 0. The molecule has 3 nitrogen and oxygen atoms in total. The fourth-order valence-corrected chi connectivity index (χ4v) is 1.80. The molecule has 0 aliphatic heterocycles. The van der Waals surface area contributed by atoms with Gasteiger partial charge in [-0.25, -0.2) is 9.37 Å². The molecule has 0 saturated heterocycles. The Bertz CT molecular complexity index is 540. The number of halogens is 1. The van der Waals surface area contributed by atoms with Gasteiger partial charge in [-0.15, -0.1) is 0 Å². The van der Waals surface area contributed by atoms with E-state index in [-0.39, 0.29) is 5.82 Å². The summed E-state index contributed by atoms with van der Waals surface area (Å²) < 4.78 is 13.4.